The van der Waals surface area contributed by atoms with Gasteiger partial charge >= 0.3 is 0 Å². The van der Waals surface area contributed by atoms with E-state index in [9.17, 15) is 9.59 Å². The number of piperazine rings is 1. The van der Waals surface area contributed by atoms with Gasteiger partial charge < -0.3 is 10.2 Å². The van der Waals surface area contributed by atoms with Gasteiger partial charge in [0.2, 0.25) is 11.8 Å². The van der Waals surface area contributed by atoms with Crippen LogP contribution in [-0.4, -0.2) is 34.8 Å². The lowest BCUT2D eigenvalue weighted by atomic mass is 9.89. The van der Waals surface area contributed by atoms with Crippen molar-refractivity contribution >= 4 is 11.8 Å². The number of carbonyl (C=O) groups is 2. The zero-order chi connectivity index (χ0) is 13.5. The van der Waals surface area contributed by atoms with Gasteiger partial charge in [0.25, 0.3) is 0 Å². The fraction of sp³-hybridized carbons (Fsp3) is 0.857. The van der Waals surface area contributed by atoms with E-state index in [1.807, 2.05) is 13.8 Å². The number of hydrogen-bond donors (Lipinski definition) is 1. The summed E-state index contributed by atoms with van der Waals surface area (Å²) in [5.74, 6) is 0.872. The van der Waals surface area contributed by atoms with Crippen LogP contribution in [0.2, 0.25) is 0 Å². The predicted molar refractivity (Wildman–Crippen MR) is 69.9 cm³/mol. The van der Waals surface area contributed by atoms with Gasteiger partial charge in [-0.2, -0.15) is 0 Å². The lowest BCUT2D eigenvalue weighted by Crippen LogP contribution is -2.69. The van der Waals surface area contributed by atoms with Crippen molar-refractivity contribution in [1.82, 2.24) is 10.2 Å². The van der Waals surface area contributed by atoms with Gasteiger partial charge in [0.1, 0.15) is 11.6 Å². The Balaban J connectivity index is 2.20. The van der Waals surface area contributed by atoms with Crippen LogP contribution in [-0.2, 0) is 9.59 Å². The van der Waals surface area contributed by atoms with E-state index in [2.05, 4.69) is 19.2 Å². The maximum Gasteiger partial charge on any atom is 0.249 e. The van der Waals surface area contributed by atoms with Gasteiger partial charge in [0.15, 0.2) is 0 Å². The predicted octanol–water partition coefficient (Wildman–Crippen LogP) is 1.55. The summed E-state index contributed by atoms with van der Waals surface area (Å²) in [7, 11) is 0. The topological polar surface area (TPSA) is 49.4 Å². The van der Waals surface area contributed by atoms with Gasteiger partial charge in [0, 0.05) is 6.54 Å². The molecular formula is C14H24N2O2. The molecule has 1 N–H and O–H groups in total. The fourth-order valence-corrected chi connectivity index (χ4v) is 2.67. The minimum absolute atomic E-state index is 0.00713. The van der Waals surface area contributed by atoms with Crippen molar-refractivity contribution in [3.8, 4) is 0 Å². The van der Waals surface area contributed by atoms with Crippen molar-refractivity contribution in [2.24, 2.45) is 11.8 Å². The minimum Gasteiger partial charge on any atom is -0.340 e. The van der Waals surface area contributed by atoms with E-state index >= 15 is 0 Å². The summed E-state index contributed by atoms with van der Waals surface area (Å²) in [5, 5.41) is 2.95. The summed E-state index contributed by atoms with van der Waals surface area (Å²) >= 11 is 0. The van der Waals surface area contributed by atoms with Crippen LogP contribution in [0, 0.1) is 11.8 Å². The van der Waals surface area contributed by atoms with E-state index in [-0.39, 0.29) is 17.9 Å². The van der Waals surface area contributed by atoms with E-state index in [1.165, 1.54) is 0 Å². The van der Waals surface area contributed by atoms with Crippen molar-refractivity contribution < 1.29 is 9.59 Å². The molecule has 4 nitrogen and oxygen atoms in total. The zero-order valence-electron chi connectivity index (χ0n) is 11.8. The van der Waals surface area contributed by atoms with Crippen LogP contribution in [0.4, 0.5) is 0 Å². The minimum atomic E-state index is -0.656. The SMILES string of the molecule is CCC(C)CN1C(=O)C(C)(C2CC2)NC(=O)C1C. The van der Waals surface area contributed by atoms with Gasteiger partial charge in [-0.25, -0.2) is 0 Å². The van der Waals surface area contributed by atoms with Gasteiger partial charge in [-0.1, -0.05) is 20.3 Å². The Hall–Kier alpha value is -1.06. The van der Waals surface area contributed by atoms with Crippen molar-refractivity contribution in [3.63, 3.8) is 0 Å². The molecular weight excluding hydrogens is 228 g/mol. The molecule has 0 bridgehead atoms. The maximum absolute atomic E-state index is 12.6. The molecule has 2 rings (SSSR count). The first-order valence-corrected chi connectivity index (χ1v) is 7.03. The molecule has 0 aromatic carbocycles. The van der Waals surface area contributed by atoms with E-state index in [1.54, 1.807) is 4.90 Å². The largest absolute Gasteiger partial charge is 0.340 e. The molecule has 1 aliphatic carbocycles. The highest BCUT2D eigenvalue weighted by Gasteiger charge is 2.54. The lowest BCUT2D eigenvalue weighted by molar-refractivity contribution is -0.155. The fourth-order valence-electron chi connectivity index (χ4n) is 2.67. The Bertz CT molecular complexity index is 365. The monoisotopic (exact) mass is 252 g/mol. The lowest BCUT2D eigenvalue weighted by Gasteiger charge is -2.44. The third-order valence-electron chi connectivity index (χ3n) is 4.53. The molecule has 0 spiro atoms. The van der Waals surface area contributed by atoms with Crippen molar-refractivity contribution in [3.05, 3.63) is 0 Å². The average Bonchev–Trinajstić information content (AvgIpc) is 3.16. The molecule has 102 valence electrons. The highest BCUT2D eigenvalue weighted by atomic mass is 16.2. The van der Waals surface area contributed by atoms with Gasteiger partial charge in [-0.05, 0) is 38.5 Å². The second-order valence-electron chi connectivity index (χ2n) is 6.11. The molecule has 0 aromatic heterocycles. The summed E-state index contributed by atoms with van der Waals surface area (Å²) in [6.45, 7) is 8.64. The number of hydrogen-bond acceptors (Lipinski definition) is 2. The third-order valence-corrected chi connectivity index (χ3v) is 4.53. The molecule has 1 saturated heterocycles. The second kappa shape index (κ2) is 4.56. The van der Waals surface area contributed by atoms with Crippen LogP contribution >= 0.6 is 0 Å². The van der Waals surface area contributed by atoms with Gasteiger partial charge in [0.05, 0.1) is 0 Å². The molecule has 3 unspecified atom stereocenters. The third kappa shape index (κ3) is 2.13. The molecule has 1 heterocycles. The van der Waals surface area contributed by atoms with Crippen LogP contribution in [0.5, 0.6) is 0 Å². The molecule has 18 heavy (non-hydrogen) atoms. The quantitative estimate of drug-likeness (QED) is 0.825. The molecule has 1 saturated carbocycles. The molecule has 4 heteroatoms. The Morgan fingerprint density at radius 2 is 2.06 bits per heavy atom. The van der Waals surface area contributed by atoms with Gasteiger partial charge in [-0.15, -0.1) is 0 Å². The van der Waals surface area contributed by atoms with E-state index in [4.69, 9.17) is 0 Å². The second-order valence-corrected chi connectivity index (χ2v) is 6.11. The molecule has 2 aliphatic rings. The first-order valence-electron chi connectivity index (χ1n) is 7.03. The van der Waals surface area contributed by atoms with Crippen LogP contribution in [0.15, 0.2) is 0 Å². The summed E-state index contributed by atoms with van der Waals surface area (Å²) in [6, 6.07) is -0.335. The molecule has 0 radical (unpaired) electrons. The van der Waals surface area contributed by atoms with Crippen LogP contribution in [0.25, 0.3) is 0 Å². The molecule has 1 aliphatic heterocycles. The van der Waals surface area contributed by atoms with Gasteiger partial charge in [-0.3, -0.25) is 9.59 Å². The van der Waals surface area contributed by atoms with Crippen LogP contribution in [0.1, 0.15) is 47.0 Å². The van der Waals surface area contributed by atoms with Crippen LogP contribution < -0.4 is 5.32 Å². The summed E-state index contributed by atoms with van der Waals surface area (Å²) in [4.78, 5) is 26.5. The van der Waals surface area contributed by atoms with Crippen molar-refractivity contribution in [2.75, 3.05) is 6.54 Å². The highest BCUT2D eigenvalue weighted by molar-refractivity contribution is 5.99. The van der Waals surface area contributed by atoms with E-state index < -0.39 is 5.54 Å². The molecule has 2 amide bonds. The molecule has 0 aromatic rings. The maximum atomic E-state index is 12.6. The number of carbonyl (C=O) groups excluding carboxylic acids is 2. The average molecular weight is 252 g/mol. The summed E-state index contributed by atoms with van der Waals surface area (Å²) in [5.41, 5.74) is -0.656. The molecule has 2 fully saturated rings. The summed E-state index contributed by atoms with van der Waals surface area (Å²) in [6.07, 6.45) is 3.13. The first kappa shape index (κ1) is 13.4. The molecule has 3 atom stereocenters. The van der Waals surface area contributed by atoms with Crippen LogP contribution in [0.3, 0.4) is 0 Å². The van der Waals surface area contributed by atoms with Crippen molar-refractivity contribution in [1.29, 1.82) is 0 Å². The number of nitrogens with zero attached hydrogens (tertiary/aromatic N) is 1. The summed E-state index contributed by atoms with van der Waals surface area (Å²) < 4.78 is 0. The highest BCUT2D eigenvalue weighted by Crippen LogP contribution is 2.42. The normalized spacial score (nSPS) is 34.4. The number of nitrogens with one attached hydrogen (secondary N) is 1. The zero-order valence-corrected chi connectivity index (χ0v) is 11.8. The smallest absolute Gasteiger partial charge is 0.249 e. The van der Waals surface area contributed by atoms with E-state index in [0.29, 0.717) is 18.4 Å². The first-order chi connectivity index (χ1) is 8.40. The Kier molecular flexibility index (Phi) is 3.39. The Labute approximate surface area is 109 Å². The van der Waals surface area contributed by atoms with E-state index in [0.717, 1.165) is 19.3 Å². The van der Waals surface area contributed by atoms with Crippen molar-refractivity contribution in [2.45, 2.75) is 58.5 Å². The number of rotatable bonds is 4. The Morgan fingerprint density at radius 1 is 1.44 bits per heavy atom. The number of amides is 2. The Morgan fingerprint density at radius 3 is 2.56 bits per heavy atom. The standard InChI is InChI=1S/C14H24N2O2/c1-5-9(2)8-16-10(3)12(17)15-14(4,13(16)18)11-6-7-11/h9-11H,5-8H2,1-4H3,(H,15,17).